The van der Waals surface area contributed by atoms with Crippen molar-refractivity contribution in [3.05, 3.63) is 18.3 Å². The Balaban J connectivity index is 2.15. The number of nitrogens with one attached hydrogen (secondary N) is 1. The SMILES string of the molecule is OC1CCN(c2ncccc2NF)CC1. The highest BCUT2D eigenvalue weighted by atomic mass is 19.2. The number of nitrogens with zero attached hydrogens (tertiary/aromatic N) is 2. The first kappa shape index (κ1) is 10.2. The number of piperidine rings is 1. The van der Waals surface area contributed by atoms with Gasteiger partial charge in [-0.05, 0) is 25.0 Å². The number of aliphatic hydroxyl groups is 1. The van der Waals surface area contributed by atoms with E-state index < -0.39 is 0 Å². The summed E-state index contributed by atoms with van der Waals surface area (Å²) in [5.74, 6) is 0.618. The monoisotopic (exact) mass is 211 g/mol. The van der Waals surface area contributed by atoms with Crippen LogP contribution in [-0.4, -0.2) is 29.3 Å². The van der Waals surface area contributed by atoms with Gasteiger partial charge in [0, 0.05) is 19.3 Å². The summed E-state index contributed by atoms with van der Waals surface area (Å²) in [6.45, 7) is 1.43. The summed E-state index contributed by atoms with van der Waals surface area (Å²) in [5.41, 5.74) is 2.02. The molecule has 2 heterocycles. The molecule has 0 amide bonds. The predicted molar refractivity (Wildman–Crippen MR) is 56.4 cm³/mol. The number of rotatable bonds is 2. The van der Waals surface area contributed by atoms with Crippen molar-refractivity contribution in [1.82, 2.24) is 4.98 Å². The summed E-state index contributed by atoms with van der Waals surface area (Å²) in [7, 11) is 0. The summed E-state index contributed by atoms with van der Waals surface area (Å²) >= 11 is 0. The van der Waals surface area contributed by atoms with Gasteiger partial charge in [-0.15, -0.1) is 4.48 Å². The van der Waals surface area contributed by atoms with Crippen LogP contribution in [0.4, 0.5) is 16.0 Å². The van der Waals surface area contributed by atoms with E-state index in [1.54, 1.807) is 23.9 Å². The van der Waals surface area contributed by atoms with Crippen LogP contribution in [0.3, 0.4) is 0 Å². The quantitative estimate of drug-likeness (QED) is 0.725. The van der Waals surface area contributed by atoms with E-state index in [-0.39, 0.29) is 6.10 Å². The van der Waals surface area contributed by atoms with Gasteiger partial charge in [-0.25, -0.2) is 10.5 Å². The molecule has 15 heavy (non-hydrogen) atoms. The Labute approximate surface area is 87.7 Å². The molecule has 0 atom stereocenters. The lowest BCUT2D eigenvalue weighted by Gasteiger charge is -2.31. The van der Waals surface area contributed by atoms with Gasteiger partial charge in [0.15, 0.2) is 5.82 Å². The third kappa shape index (κ3) is 2.18. The van der Waals surface area contributed by atoms with Crippen molar-refractivity contribution in [2.45, 2.75) is 18.9 Å². The summed E-state index contributed by atoms with van der Waals surface area (Å²) in [5, 5.41) is 9.36. The molecule has 0 aromatic carbocycles. The summed E-state index contributed by atoms with van der Waals surface area (Å²) < 4.78 is 12.5. The van der Waals surface area contributed by atoms with Gasteiger partial charge < -0.3 is 10.0 Å². The molecule has 0 aliphatic carbocycles. The zero-order chi connectivity index (χ0) is 10.7. The van der Waals surface area contributed by atoms with Crippen molar-refractivity contribution in [2.75, 3.05) is 23.5 Å². The molecule has 82 valence electrons. The zero-order valence-corrected chi connectivity index (χ0v) is 8.36. The number of pyridine rings is 1. The van der Waals surface area contributed by atoms with Crippen molar-refractivity contribution in [3.8, 4) is 0 Å². The van der Waals surface area contributed by atoms with E-state index >= 15 is 0 Å². The fourth-order valence-electron chi connectivity index (χ4n) is 1.80. The van der Waals surface area contributed by atoms with Crippen LogP contribution < -0.4 is 10.4 Å². The molecule has 1 fully saturated rings. The first-order valence-corrected chi connectivity index (χ1v) is 5.06. The molecule has 0 spiro atoms. The van der Waals surface area contributed by atoms with E-state index in [0.29, 0.717) is 37.4 Å². The largest absolute Gasteiger partial charge is 0.393 e. The minimum atomic E-state index is -0.230. The molecule has 1 aromatic heterocycles. The highest BCUT2D eigenvalue weighted by Gasteiger charge is 2.19. The number of anilines is 2. The molecule has 1 saturated heterocycles. The van der Waals surface area contributed by atoms with Crippen LogP contribution in [0.1, 0.15) is 12.8 Å². The van der Waals surface area contributed by atoms with E-state index in [2.05, 4.69) is 4.98 Å². The molecule has 2 rings (SSSR count). The summed E-state index contributed by atoms with van der Waals surface area (Å²) in [6, 6.07) is 3.33. The standard InChI is InChI=1S/C10H14FN3O/c11-13-9-2-1-5-12-10(9)14-6-3-8(15)4-7-14/h1-2,5,8,13,15H,3-4,6-7H2. The van der Waals surface area contributed by atoms with Gasteiger partial charge in [0.05, 0.1) is 6.10 Å². The normalized spacial score (nSPS) is 17.9. The van der Waals surface area contributed by atoms with Crippen molar-refractivity contribution in [2.24, 2.45) is 0 Å². The van der Waals surface area contributed by atoms with E-state index in [1.165, 1.54) is 0 Å². The van der Waals surface area contributed by atoms with E-state index in [4.69, 9.17) is 0 Å². The Morgan fingerprint density at radius 3 is 2.87 bits per heavy atom. The second-order valence-corrected chi connectivity index (χ2v) is 3.69. The zero-order valence-electron chi connectivity index (χ0n) is 8.36. The number of hydrogen-bond acceptors (Lipinski definition) is 4. The van der Waals surface area contributed by atoms with E-state index in [1.807, 2.05) is 4.90 Å². The molecular formula is C10H14FN3O. The molecule has 1 aliphatic heterocycles. The Hall–Kier alpha value is -1.36. The maximum absolute atomic E-state index is 12.5. The van der Waals surface area contributed by atoms with Crippen LogP contribution >= 0.6 is 0 Å². The Morgan fingerprint density at radius 2 is 2.20 bits per heavy atom. The van der Waals surface area contributed by atoms with Gasteiger partial charge in [0.1, 0.15) is 5.69 Å². The first-order valence-electron chi connectivity index (χ1n) is 5.06. The predicted octanol–water partition coefficient (Wildman–Crippen LogP) is 1.34. The van der Waals surface area contributed by atoms with Crippen molar-refractivity contribution < 1.29 is 9.59 Å². The molecule has 1 aliphatic rings. The average Bonchev–Trinajstić information content (AvgIpc) is 2.30. The van der Waals surface area contributed by atoms with Crippen molar-refractivity contribution in [1.29, 1.82) is 0 Å². The number of halogens is 1. The molecule has 0 unspecified atom stereocenters. The lowest BCUT2D eigenvalue weighted by atomic mass is 10.1. The first-order chi connectivity index (χ1) is 7.31. The second-order valence-electron chi connectivity index (χ2n) is 3.69. The molecule has 5 heteroatoms. The van der Waals surface area contributed by atoms with Crippen LogP contribution in [0, 0.1) is 0 Å². The van der Waals surface area contributed by atoms with Gasteiger partial charge in [-0.1, -0.05) is 0 Å². The van der Waals surface area contributed by atoms with Crippen LogP contribution in [0.15, 0.2) is 18.3 Å². The lowest BCUT2D eigenvalue weighted by Crippen LogP contribution is -2.36. The third-order valence-electron chi connectivity index (χ3n) is 2.65. The molecule has 2 N–H and O–H groups in total. The molecule has 0 bridgehead atoms. The molecule has 0 radical (unpaired) electrons. The smallest absolute Gasteiger partial charge is 0.154 e. The molecular weight excluding hydrogens is 197 g/mol. The Bertz CT molecular complexity index is 326. The van der Waals surface area contributed by atoms with E-state index in [9.17, 15) is 9.59 Å². The van der Waals surface area contributed by atoms with E-state index in [0.717, 1.165) is 0 Å². The topological polar surface area (TPSA) is 48.4 Å². The van der Waals surface area contributed by atoms with Gasteiger partial charge in [-0.3, -0.25) is 0 Å². The Kier molecular flexibility index (Phi) is 3.01. The minimum absolute atomic E-state index is 0.230. The van der Waals surface area contributed by atoms with Crippen LogP contribution in [0.25, 0.3) is 0 Å². The number of hydrogen-bond donors (Lipinski definition) is 2. The summed E-state index contributed by atoms with van der Waals surface area (Å²) in [4.78, 5) is 6.12. The second kappa shape index (κ2) is 4.44. The van der Waals surface area contributed by atoms with Crippen molar-refractivity contribution >= 4 is 11.5 Å². The van der Waals surface area contributed by atoms with Gasteiger partial charge in [-0.2, -0.15) is 0 Å². The maximum atomic E-state index is 12.5. The van der Waals surface area contributed by atoms with Crippen LogP contribution in [0.5, 0.6) is 0 Å². The van der Waals surface area contributed by atoms with Gasteiger partial charge in [0.25, 0.3) is 0 Å². The van der Waals surface area contributed by atoms with Gasteiger partial charge >= 0.3 is 0 Å². The van der Waals surface area contributed by atoms with Crippen molar-refractivity contribution in [3.63, 3.8) is 0 Å². The number of aliphatic hydroxyl groups excluding tert-OH is 1. The molecule has 1 aromatic rings. The lowest BCUT2D eigenvalue weighted by molar-refractivity contribution is 0.145. The van der Waals surface area contributed by atoms with Gasteiger partial charge in [0.2, 0.25) is 0 Å². The molecule has 0 saturated carbocycles. The number of aromatic nitrogens is 1. The average molecular weight is 211 g/mol. The fourth-order valence-corrected chi connectivity index (χ4v) is 1.80. The third-order valence-corrected chi connectivity index (χ3v) is 2.65. The fraction of sp³-hybridized carbons (Fsp3) is 0.500. The summed E-state index contributed by atoms with van der Waals surface area (Å²) in [6.07, 6.45) is 2.83. The van der Waals surface area contributed by atoms with Crippen LogP contribution in [0.2, 0.25) is 0 Å². The Morgan fingerprint density at radius 1 is 1.47 bits per heavy atom. The highest BCUT2D eigenvalue weighted by Crippen LogP contribution is 2.25. The highest BCUT2D eigenvalue weighted by molar-refractivity contribution is 5.64. The maximum Gasteiger partial charge on any atom is 0.154 e. The molecule has 4 nitrogen and oxygen atoms in total. The van der Waals surface area contributed by atoms with Crippen LogP contribution in [-0.2, 0) is 0 Å². The minimum Gasteiger partial charge on any atom is -0.393 e.